The fourth-order valence-corrected chi connectivity index (χ4v) is 1.36. The minimum atomic E-state index is -0.547. The lowest BCUT2D eigenvalue weighted by Crippen LogP contribution is -2.07. The highest BCUT2D eigenvalue weighted by Gasteiger charge is 2.18. The summed E-state index contributed by atoms with van der Waals surface area (Å²) in [5, 5.41) is 7.78. The quantitative estimate of drug-likeness (QED) is 0.738. The molecule has 0 aliphatic heterocycles. The highest BCUT2D eigenvalue weighted by molar-refractivity contribution is 5.85. The fourth-order valence-electron chi connectivity index (χ4n) is 1.36. The Labute approximate surface area is 97.4 Å². The molecule has 7 heteroatoms. The summed E-state index contributed by atoms with van der Waals surface area (Å²) >= 11 is 0. The van der Waals surface area contributed by atoms with Crippen LogP contribution < -0.4 is 0 Å². The Kier molecular flexibility index (Phi) is 2.90. The first-order valence-electron chi connectivity index (χ1n) is 5.13. The van der Waals surface area contributed by atoms with Crippen molar-refractivity contribution in [1.29, 1.82) is 0 Å². The number of aromatic nitrogens is 4. The SMILES string of the molecule is CCOC(=O)c1nc(-c2cc(C)on2)n(C)n1. The Morgan fingerprint density at radius 3 is 2.94 bits per heavy atom. The van der Waals surface area contributed by atoms with Crippen LogP contribution >= 0.6 is 0 Å². The van der Waals surface area contributed by atoms with Crippen molar-refractivity contribution < 1.29 is 14.1 Å². The molecule has 0 bridgehead atoms. The first kappa shape index (κ1) is 11.3. The number of nitrogens with zero attached hydrogens (tertiary/aromatic N) is 4. The monoisotopic (exact) mass is 236 g/mol. The van der Waals surface area contributed by atoms with E-state index in [1.807, 2.05) is 0 Å². The zero-order valence-corrected chi connectivity index (χ0v) is 9.80. The Balaban J connectivity index is 2.34. The lowest BCUT2D eigenvalue weighted by atomic mass is 10.3. The summed E-state index contributed by atoms with van der Waals surface area (Å²) in [6.45, 7) is 3.79. The Hall–Kier alpha value is -2.18. The smallest absolute Gasteiger partial charge is 0.378 e. The van der Waals surface area contributed by atoms with Gasteiger partial charge in [0.2, 0.25) is 0 Å². The molecule has 2 aromatic rings. The molecule has 2 rings (SSSR count). The van der Waals surface area contributed by atoms with Crippen LogP contribution in [0.15, 0.2) is 10.6 Å². The number of hydrogen-bond donors (Lipinski definition) is 0. The third-order valence-corrected chi connectivity index (χ3v) is 2.08. The highest BCUT2D eigenvalue weighted by Crippen LogP contribution is 2.16. The number of esters is 1. The van der Waals surface area contributed by atoms with Crippen molar-refractivity contribution in [3.05, 3.63) is 17.7 Å². The van der Waals surface area contributed by atoms with E-state index >= 15 is 0 Å². The van der Waals surface area contributed by atoms with Crippen molar-refractivity contribution in [1.82, 2.24) is 19.9 Å². The van der Waals surface area contributed by atoms with Crippen molar-refractivity contribution in [2.45, 2.75) is 13.8 Å². The zero-order valence-electron chi connectivity index (χ0n) is 9.80. The molecule has 0 aromatic carbocycles. The Morgan fingerprint density at radius 1 is 1.59 bits per heavy atom. The van der Waals surface area contributed by atoms with Gasteiger partial charge in [0.25, 0.3) is 5.82 Å². The van der Waals surface area contributed by atoms with Crippen LogP contribution in [0.4, 0.5) is 0 Å². The lowest BCUT2D eigenvalue weighted by molar-refractivity contribution is 0.0512. The summed E-state index contributed by atoms with van der Waals surface area (Å²) in [6, 6.07) is 1.72. The third kappa shape index (κ3) is 2.17. The van der Waals surface area contributed by atoms with Crippen LogP contribution in [0.1, 0.15) is 23.3 Å². The van der Waals surface area contributed by atoms with Crippen LogP contribution in [0.2, 0.25) is 0 Å². The van der Waals surface area contributed by atoms with Gasteiger partial charge in [-0.3, -0.25) is 0 Å². The van der Waals surface area contributed by atoms with Gasteiger partial charge in [-0.15, -0.1) is 5.10 Å². The molecule has 0 unspecified atom stereocenters. The van der Waals surface area contributed by atoms with Crippen LogP contribution in [0.5, 0.6) is 0 Å². The maximum Gasteiger partial charge on any atom is 0.378 e. The highest BCUT2D eigenvalue weighted by atomic mass is 16.5. The topological polar surface area (TPSA) is 83.0 Å². The molecule has 0 fully saturated rings. The van der Waals surface area contributed by atoms with E-state index in [0.29, 0.717) is 17.3 Å². The third-order valence-electron chi connectivity index (χ3n) is 2.08. The first-order chi connectivity index (χ1) is 8.11. The van der Waals surface area contributed by atoms with Gasteiger partial charge in [-0.1, -0.05) is 5.16 Å². The molecule has 0 radical (unpaired) electrons. The number of carbonyl (C=O) groups excluding carboxylic acids is 1. The molecule has 0 aliphatic carbocycles. The van der Waals surface area contributed by atoms with Crippen LogP contribution in [0.3, 0.4) is 0 Å². The predicted octanol–water partition coefficient (Wildman–Crippen LogP) is 0.955. The molecule has 2 aromatic heterocycles. The number of rotatable bonds is 3. The summed E-state index contributed by atoms with van der Waals surface area (Å²) in [6.07, 6.45) is 0. The molecule has 0 N–H and O–H groups in total. The van der Waals surface area contributed by atoms with E-state index in [2.05, 4.69) is 15.2 Å². The van der Waals surface area contributed by atoms with Gasteiger partial charge < -0.3 is 9.26 Å². The Morgan fingerprint density at radius 2 is 2.35 bits per heavy atom. The van der Waals surface area contributed by atoms with Crippen molar-refractivity contribution >= 4 is 5.97 Å². The maximum atomic E-state index is 11.4. The van der Waals surface area contributed by atoms with Gasteiger partial charge >= 0.3 is 5.97 Å². The van der Waals surface area contributed by atoms with Gasteiger partial charge in [0.05, 0.1) is 6.61 Å². The molecule has 90 valence electrons. The molecule has 0 spiro atoms. The summed E-state index contributed by atoms with van der Waals surface area (Å²) in [7, 11) is 1.68. The minimum absolute atomic E-state index is 0.0185. The maximum absolute atomic E-state index is 11.4. The van der Waals surface area contributed by atoms with E-state index in [4.69, 9.17) is 9.26 Å². The van der Waals surface area contributed by atoms with Crippen LogP contribution in [-0.4, -0.2) is 32.5 Å². The largest absolute Gasteiger partial charge is 0.460 e. The molecular weight excluding hydrogens is 224 g/mol. The average molecular weight is 236 g/mol. The Bertz CT molecular complexity index is 543. The van der Waals surface area contributed by atoms with Gasteiger partial charge in [-0.05, 0) is 13.8 Å². The second kappa shape index (κ2) is 4.36. The molecule has 2 heterocycles. The fraction of sp³-hybridized carbons (Fsp3) is 0.400. The van der Waals surface area contributed by atoms with E-state index in [0.717, 1.165) is 0 Å². The summed E-state index contributed by atoms with van der Waals surface area (Å²) in [5.74, 6) is 0.602. The summed E-state index contributed by atoms with van der Waals surface area (Å²) < 4.78 is 11.2. The number of carbonyl (C=O) groups is 1. The van der Waals surface area contributed by atoms with Gasteiger partial charge in [-0.2, -0.15) is 4.98 Å². The van der Waals surface area contributed by atoms with Gasteiger partial charge in [-0.25, -0.2) is 9.48 Å². The van der Waals surface area contributed by atoms with Crippen molar-refractivity contribution in [2.75, 3.05) is 6.61 Å². The summed E-state index contributed by atoms with van der Waals surface area (Å²) in [4.78, 5) is 15.5. The number of hydrogen-bond acceptors (Lipinski definition) is 6. The van der Waals surface area contributed by atoms with Gasteiger partial charge in [0.1, 0.15) is 5.76 Å². The van der Waals surface area contributed by atoms with E-state index < -0.39 is 5.97 Å². The predicted molar refractivity (Wildman–Crippen MR) is 57.2 cm³/mol. The van der Waals surface area contributed by atoms with E-state index in [9.17, 15) is 4.79 Å². The van der Waals surface area contributed by atoms with E-state index in [1.165, 1.54) is 4.68 Å². The van der Waals surface area contributed by atoms with Crippen LogP contribution in [0.25, 0.3) is 11.5 Å². The first-order valence-corrected chi connectivity index (χ1v) is 5.13. The standard InChI is InChI=1S/C10H12N4O3/c1-4-16-10(15)8-11-9(14(3)12-8)7-5-6(2)17-13-7/h5H,4H2,1-3H3. The average Bonchev–Trinajstić information content (AvgIpc) is 2.85. The van der Waals surface area contributed by atoms with E-state index in [1.54, 1.807) is 27.0 Å². The van der Waals surface area contributed by atoms with Crippen molar-refractivity contribution in [2.24, 2.45) is 7.05 Å². The zero-order chi connectivity index (χ0) is 12.4. The molecule has 0 saturated carbocycles. The van der Waals surface area contributed by atoms with Crippen molar-refractivity contribution in [3.63, 3.8) is 0 Å². The molecule has 0 saturated heterocycles. The number of aryl methyl sites for hydroxylation is 2. The van der Waals surface area contributed by atoms with Crippen LogP contribution in [-0.2, 0) is 11.8 Å². The van der Waals surface area contributed by atoms with Crippen molar-refractivity contribution in [3.8, 4) is 11.5 Å². The lowest BCUT2D eigenvalue weighted by Gasteiger charge is -1.94. The van der Waals surface area contributed by atoms with E-state index in [-0.39, 0.29) is 12.4 Å². The number of ether oxygens (including phenoxy) is 1. The second-order valence-electron chi connectivity index (χ2n) is 3.43. The normalized spacial score (nSPS) is 10.5. The van der Waals surface area contributed by atoms with Crippen LogP contribution in [0, 0.1) is 6.92 Å². The summed E-state index contributed by atoms with van der Waals surface area (Å²) in [5.41, 5.74) is 0.535. The molecule has 0 atom stereocenters. The minimum Gasteiger partial charge on any atom is -0.460 e. The molecule has 17 heavy (non-hydrogen) atoms. The van der Waals surface area contributed by atoms with Gasteiger partial charge in [0.15, 0.2) is 11.5 Å². The molecule has 7 nitrogen and oxygen atoms in total. The van der Waals surface area contributed by atoms with Gasteiger partial charge in [0, 0.05) is 13.1 Å². The second-order valence-corrected chi connectivity index (χ2v) is 3.43. The molecular formula is C10H12N4O3. The molecule has 0 aliphatic rings. The molecule has 0 amide bonds.